The Morgan fingerprint density at radius 1 is 0.875 bits per heavy atom. The van der Waals surface area contributed by atoms with Gasteiger partial charge >= 0.3 is 0 Å². The van der Waals surface area contributed by atoms with Crippen molar-refractivity contribution >= 4 is 5.91 Å². The summed E-state index contributed by atoms with van der Waals surface area (Å²) < 4.78 is 0. The summed E-state index contributed by atoms with van der Waals surface area (Å²) in [6.07, 6.45) is 4.68. The van der Waals surface area contributed by atoms with Crippen LogP contribution in [0.4, 0.5) is 0 Å². The fraction of sp³-hybridized carbons (Fsp3) is 0.370. The average molecular weight is 431 g/mol. The first-order valence-electron chi connectivity index (χ1n) is 11.4. The molecule has 1 amide bonds. The topological polar surface area (TPSA) is 58.1 Å². The zero-order valence-corrected chi connectivity index (χ0v) is 19.4. The SMILES string of the molecule is CC(C)Cc1ccc(C(C)C(=O)NCCN(Cc2ccccn2)Cc2ccccn2)cc1. The molecule has 1 atom stereocenters. The highest BCUT2D eigenvalue weighted by Crippen LogP contribution is 2.17. The Balaban J connectivity index is 1.55. The van der Waals surface area contributed by atoms with Crippen LogP contribution in [0.25, 0.3) is 0 Å². The molecular formula is C27H34N4O. The number of amides is 1. The lowest BCUT2D eigenvalue weighted by molar-refractivity contribution is -0.122. The molecule has 0 fully saturated rings. The maximum atomic E-state index is 12.7. The molecule has 0 saturated carbocycles. The van der Waals surface area contributed by atoms with Gasteiger partial charge in [0.05, 0.1) is 17.3 Å². The van der Waals surface area contributed by atoms with E-state index in [9.17, 15) is 4.79 Å². The monoisotopic (exact) mass is 430 g/mol. The maximum Gasteiger partial charge on any atom is 0.227 e. The van der Waals surface area contributed by atoms with Gasteiger partial charge in [0.1, 0.15) is 0 Å². The van der Waals surface area contributed by atoms with Gasteiger partial charge in [-0.2, -0.15) is 0 Å². The normalized spacial score (nSPS) is 12.2. The van der Waals surface area contributed by atoms with Gasteiger partial charge in [-0.1, -0.05) is 50.2 Å². The van der Waals surface area contributed by atoms with Crippen molar-refractivity contribution < 1.29 is 4.79 Å². The van der Waals surface area contributed by atoms with Crippen LogP contribution in [0.2, 0.25) is 0 Å². The van der Waals surface area contributed by atoms with Crippen molar-refractivity contribution in [1.82, 2.24) is 20.2 Å². The van der Waals surface area contributed by atoms with Crippen LogP contribution in [0, 0.1) is 5.92 Å². The smallest absolute Gasteiger partial charge is 0.227 e. The van der Waals surface area contributed by atoms with Gasteiger partial charge in [-0.25, -0.2) is 0 Å². The minimum absolute atomic E-state index is 0.0530. The average Bonchev–Trinajstić information content (AvgIpc) is 2.80. The molecule has 0 aliphatic heterocycles. The highest BCUT2D eigenvalue weighted by atomic mass is 16.1. The standard InChI is InChI=1S/C27H34N4O/c1-21(2)18-23-10-12-24(13-11-23)22(3)27(32)30-16-17-31(19-25-8-4-6-14-28-25)20-26-9-5-7-15-29-26/h4-15,21-22H,16-20H2,1-3H3,(H,30,32). The lowest BCUT2D eigenvalue weighted by atomic mass is 9.96. The highest BCUT2D eigenvalue weighted by Gasteiger charge is 2.16. The van der Waals surface area contributed by atoms with Crippen molar-refractivity contribution in [3.05, 3.63) is 95.6 Å². The van der Waals surface area contributed by atoms with Gasteiger partial charge < -0.3 is 5.32 Å². The highest BCUT2D eigenvalue weighted by molar-refractivity contribution is 5.83. The van der Waals surface area contributed by atoms with Gasteiger partial charge in [0.25, 0.3) is 0 Å². The predicted octanol–water partition coefficient (Wildman–Crippen LogP) is 4.60. The second-order valence-corrected chi connectivity index (χ2v) is 8.71. The van der Waals surface area contributed by atoms with E-state index >= 15 is 0 Å². The molecule has 0 aliphatic carbocycles. The van der Waals surface area contributed by atoms with E-state index in [1.165, 1.54) is 5.56 Å². The van der Waals surface area contributed by atoms with E-state index in [1.54, 1.807) is 0 Å². The second-order valence-electron chi connectivity index (χ2n) is 8.71. The summed E-state index contributed by atoms with van der Waals surface area (Å²) in [5.74, 6) is 0.502. The first-order chi connectivity index (χ1) is 15.5. The number of hydrogen-bond donors (Lipinski definition) is 1. The Kier molecular flexibility index (Phi) is 8.93. The van der Waals surface area contributed by atoms with Gasteiger partial charge in [-0.3, -0.25) is 19.7 Å². The van der Waals surface area contributed by atoms with E-state index in [-0.39, 0.29) is 11.8 Å². The predicted molar refractivity (Wildman–Crippen MR) is 129 cm³/mol. The molecule has 3 rings (SSSR count). The van der Waals surface area contributed by atoms with Crippen LogP contribution in [-0.2, 0) is 24.3 Å². The van der Waals surface area contributed by atoms with Gasteiger partial charge in [0.15, 0.2) is 0 Å². The van der Waals surface area contributed by atoms with Crippen molar-refractivity contribution in [2.24, 2.45) is 5.92 Å². The molecule has 1 aromatic carbocycles. The molecule has 168 valence electrons. The summed E-state index contributed by atoms with van der Waals surface area (Å²) >= 11 is 0. The number of aromatic nitrogens is 2. The summed E-state index contributed by atoms with van der Waals surface area (Å²) in [6, 6.07) is 20.3. The lowest BCUT2D eigenvalue weighted by Crippen LogP contribution is -2.36. The third-order valence-electron chi connectivity index (χ3n) is 5.47. The summed E-state index contributed by atoms with van der Waals surface area (Å²) in [5, 5.41) is 3.11. The van der Waals surface area contributed by atoms with Crippen LogP contribution in [0.1, 0.15) is 49.2 Å². The Bertz CT molecular complexity index is 901. The Morgan fingerprint density at radius 2 is 1.47 bits per heavy atom. The number of carbonyl (C=O) groups excluding carboxylic acids is 1. The number of carbonyl (C=O) groups is 1. The van der Waals surface area contributed by atoms with Crippen molar-refractivity contribution in [3.8, 4) is 0 Å². The molecule has 0 radical (unpaired) electrons. The second kappa shape index (κ2) is 12.1. The molecule has 0 saturated heterocycles. The molecule has 0 spiro atoms. The minimum Gasteiger partial charge on any atom is -0.354 e. The summed E-state index contributed by atoms with van der Waals surface area (Å²) in [6.45, 7) is 9.11. The van der Waals surface area contributed by atoms with E-state index in [4.69, 9.17) is 0 Å². The summed E-state index contributed by atoms with van der Waals surface area (Å²) in [5.41, 5.74) is 4.37. The molecule has 32 heavy (non-hydrogen) atoms. The third kappa shape index (κ3) is 7.57. The van der Waals surface area contributed by atoms with Gasteiger partial charge in [-0.15, -0.1) is 0 Å². The van der Waals surface area contributed by atoms with Crippen LogP contribution >= 0.6 is 0 Å². The summed E-state index contributed by atoms with van der Waals surface area (Å²) in [7, 11) is 0. The molecule has 1 N–H and O–H groups in total. The number of benzene rings is 1. The fourth-order valence-corrected chi connectivity index (χ4v) is 3.71. The maximum absolute atomic E-state index is 12.7. The Labute approximate surface area is 191 Å². The first kappa shape index (κ1) is 23.6. The largest absolute Gasteiger partial charge is 0.354 e. The third-order valence-corrected chi connectivity index (χ3v) is 5.47. The van der Waals surface area contributed by atoms with E-state index < -0.39 is 0 Å². The number of pyridine rings is 2. The van der Waals surface area contributed by atoms with E-state index in [2.05, 4.69) is 58.3 Å². The van der Waals surface area contributed by atoms with Gasteiger partial charge in [0, 0.05) is 38.6 Å². The van der Waals surface area contributed by atoms with Crippen molar-refractivity contribution in [1.29, 1.82) is 0 Å². The first-order valence-corrected chi connectivity index (χ1v) is 11.4. The van der Waals surface area contributed by atoms with Crippen LogP contribution in [0.15, 0.2) is 73.1 Å². The minimum atomic E-state index is -0.178. The number of rotatable bonds is 11. The lowest BCUT2D eigenvalue weighted by Gasteiger charge is -2.22. The zero-order valence-electron chi connectivity index (χ0n) is 19.4. The van der Waals surface area contributed by atoms with Crippen molar-refractivity contribution in [3.63, 3.8) is 0 Å². The summed E-state index contributed by atoms with van der Waals surface area (Å²) in [4.78, 5) is 23.9. The molecule has 1 unspecified atom stereocenters. The van der Waals surface area contributed by atoms with Crippen molar-refractivity contribution in [2.75, 3.05) is 13.1 Å². The van der Waals surface area contributed by atoms with Crippen LogP contribution < -0.4 is 5.32 Å². The molecule has 2 aromatic heterocycles. The van der Waals surface area contributed by atoms with Gasteiger partial charge in [-0.05, 0) is 54.7 Å². The number of nitrogens with one attached hydrogen (secondary N) is 1. The number of hydrogen-bond acceptors (Lipinski definition) is 4. The molecule has 5 nitrogen and oxygen atoms in total. The molecule has 3 aromatic rings. The Hall–Kier alpha value is -3.05. The fourth-order valence-electron chi connectivity index (χ4n) is 3.71. The quantitative estimate of drug-likeness (QED) is 0.483. The zero-order chi connectivity index (χ0) is 22.8. The van der Waals surface area contributed by atoms with Crippen LogP contribution in [0.5, 0.6) is 0 Å². The molecule has 5 heteroatoms. The molecule has 0 aliphatic rings. The van der Waals surface area contributed by atoms with Crippen molar-refractivity contribution in [2.45, 2.75) is 46.2 Å². The van der Waals surface area contributed by atoms with Gasteiger partial charge in [0.2, 0.25) is 5.91 Å². The molecular weight excluding hydrogens is 396 g/mol. The van der Waals surface area contributed by atoms with E-state index in [0.717, 1.165) is 29.9 Å². The molecule has 2 heterocycles. The Morgan fingerprint density at radius 3 is 1.97 bits per heavy atom. The number of nitrogens with zero attached hydrogens (tertiary/aromatic N) is 3. The van der Waals surface area contributed by atoms with E-state index in [0.29, 0.717) is 25.6 Å². The van der Waals surface area contributed by atoms with Crippen LogP contribution in [0.3, 0.4) is 0 Å². The van der Waals surface area contributed by atoms with E-state index in [1.807, 2.05) is 55.7 Å². The molecule has 0 bridgehead atoms. The van der Waals surface area contributed by atoms with Crippen LogP contribution in [-0.4, -0.2) is 33.9 Å².